The van der Waals surface area contributed by atoms with Gasteiger partial charge in [-0.1, -0.05) is 0 Å². The van der Waals surface area contributed by atoms with Gasteiger partial charge in [-0.2, -0.15) is 25.3 Å². The Hall–Kier alpha value is -3.35. The highest BCUT2D eigenvalue weighted by molar-refractivity contribution is 7.81. The van der Waals surface area contributed by atoms with Crippen LogP contribution in [-0.2, 0) is 106 Å². The van der Waals surface area contributed by atoms with E-state index < -0.39 is 253 Å². The zero-order valence-electron chi connectivity index (χ0n) is 43.0. The zero-order valence-corrected chi connectivity index (χ0v) is 45.5. The number of carboxylic acid groups (broad SMARTS) is 1. The fourth-order valence-electron chi connectivity index (χ4n) is 9.36. The normalized spacial score (nSPS) is 40.8. The van der Waals surface area contributed by atoms with Gasteiger partial charge in [-0.05, 0) is 0 Å². The van der Waals surface area contributed by atoms with Gasteiger partial charge in [-0.15, -0.1) is 0 Å². The molecule has 3 amide bonds. The first-order valence-electron chi connectivity index (χ1n) is 24.2. The van der Waals surface area contributed by atoms with E-state index in [0.29, 0.717) is 0 Å². The summed E-state index contributed by atoms with van der Waals surface area (Å²) in [5.74, 6) is -8.43. The van der Waals surface area contributed by atoms with Crippen molar-refractivity contribution in [2.24, 2.45) is 0 Å². The number of aliphatic hydroxyl groups excluding tert-OH is 12. The van der Waals surface area contributed by atoms with Crippen LogP contribution in [0.1, 0.15) is 27.2 Å². The van der Waals surface area contributed by atoms with E-state index in [4.69, 9.17) is 42.6 Å². The van der Waals surface area contributed by atoms with Gasteiger partial charge in [-0.25, -0.2) is 17.3 Å². The lowest BCUT2D eigenvalue weighted by Gasteiger charge is -2.51. The molecule has 5 aliphatic heterocycles. The standard InChI is InChI=1S/C39H65N3O38S3/c1-10(45)40-19-13(48)4-39(38(58)59,79-31(19)22(50)14(49)5-43)80-33-23(51)15(6-44)73-37(28(33)56)77-30-18(9-71-83(66,67)68)75-35(21(26(30)54)42-12(3)47)78-32-24(52)16(7-69-81(60,61)62)74-36(27(32)55)76-29-17(8-70-82(63,64)65)72-34(57)20(25(29)53)41-11(2)46/h13-37,43-44,48-57H,4-9H2,1-3H3,(H,40,45)(H,41,46)(H,42,47)(H,58,59)(H,60,61,62)(H,63,64,65)(H,66,67,68)/t13-,14+,15+,16+,17+,18+,19+,20+,21+,22+,23-,24-,25+,26+,27+,28+,29+,30+,31+,32-,33-,34?,35-,36-,37-,39-/m0/s1. The van der Waals surface area contributed by atoms with Gasteiger partial charge in [0.15, 0.2) is 25.2 Å². The first kappa shape index (κ1) is 70.4. The number of nitrogens with one attached hydrogen (secondary N) is 3. The number of ether oxygens (including phenoxy) is 9. The van der Waals surface area contributed by atoms with Gasteiger partial charge in [0, 0.05) is 27.2 Å². The minimum atomic E-state index is -5.56. The molecule has 0 aliphatic carbocycles. The van der Waals surface area contributed by atoms with E-state index in [9.17, 15) is 124 Å². The molecule has 5 aliphatic rings. The predicted molar refractivity (Wildman–Crippen MR) is 250 cm³/mol. The topological polar surface area (TPSA) is 641 Å². The summed E-state index contributed by atoms with van der Waals surface area (Å²) in [6, 6.07) is -5.81. The molecule has 0 aromatic carbocycles. The highest BCUT2D eigenvalue weighted by Gasteiger charge is 2.61. The average Bonchev–Trinajstić information content (AvgIpc) is 2.40. The quantitative estimate of drug-likeness (QED) is 0.0377. The third kappa shape index (κ3) is 18.1. The second-order valence-corrected chi connectivity index (χ2v) is 22.4. The molecular formula is C39H65N3O38S3. The Balaban J connectivity index is 1.52. The number of aliphatic carboxylic acids is 1. The molecule has 44 heteroatoms. The van der Waals surface area contributed by atoms with Crippen LogP contribution in [0.4, 0.5) is 0 Å². The maximum Gasteiger partial charge on any atom is 0.397 e. The number of hydrogen-bond donors (Lipinski definition) is 19. The van der Waals surface area contributed by atoms with E-state index in [-0.39, 0.29) is 0 Å². The third-order valence-electron chi connectivity index (χ3n) is 13.1. The molecule has 5 rings (SSSR count). The molecule has 19 N–H and O–H groups in total. The maximum atomic E-state index is 13.1. The summed E-state index contributed by atoms with van der Waals surface area (Å²) >= 11 is 0. The van der Waals surface area contributed by atoms with Crippen molar-refractivity contribution in [3.8, 4) is 0 Å². The second kappa shape index (κ2) is 28.7. The summed E-state index contributed by atoms with van der Waals surface area (Å²) in [6.45, 7) is -4.09. The molecule has 0 aromatic heterocycles. The highest BCUT2D eigenvalue weighted by Crippen LogP contribution is 2.40. The van der Waals surface area contributed by atoms with E-state index in [0.717, 1.165) is 20.8 Å². The predicted octanol–water partition coefficient (Wildman–Crippen LogP) is -12.8. The van der Waals surface area contributed by atoms with Crippen LogP contribution >= 0.6 is 0 Å². The maximum absolute atomic E-state index is 13.1. The Bertz CT molecular complexity index is 2560. The number of carbonyl (C=O) groups excluding carboxylic acids is 3. The molecule has 5 saturated heterocycles. The minimum Gasteiger partial charge on any atom is -0.477 e. The molecule has 0 saturated carbocycles. The molecule has 41 nitrogen and oxygen atoms in total. The van der Waals surface area contributed by atoms with Crippen LogP contribution in [0.5, 0.6) is 0 Å². The summed E-state index contributed by atoms with van der Waals surface area (Å²) in [5.41, 5.74) is 0. The fourth-order valence-corrected chi connectivity index (χ4v) is 10.3. The summed E-state index contributed by atoms with van der Waals surface area (Å²) in [6.07, 6.45) is -52.4. The summed E-state index contributed by atoms with van der Waals surface area (Å²) in [7, 11) is -16.3. The molecule has 26 atom stereocenters. The van der Waals surface area contributed by atoms with Gasteiger partial charge in [0.1, 0.15) is 116 Å². The minimum absolute atomic E-state index is 0.806. The van der Waals surface area contributed by atoms with Crippen molar-refractivity contribution in [1.29, 1.82) is 0 Å². The molecule has 0 aromatic rings. The Labute approximate surface area is 468 Å². The van der Waals surface area contributed by atoms with Crippen molar-refractivity contribution in [1.82, 2.24) is 16.0 Å². The average molecular weight is 1280 g/mol. The van der Waals surface area contributed by atoms with Crippen molar-refractivity contribution in [2.45, 2.75) is 186 Å². The third-order valence-corrected chi connectivity index (χ3v) is 14.4. The summed E-state index contributed by atoms with van der Waals surface area (Å²) in [4.78, 5) is 49.9. The zero-order chi connectivity index (χ0) is 62.6. The molecule has 0 radical (unpaired) electrons. The van der Waals surface area contributed by atoms with Crippen molar-refractivity contribution < 1.29 is 180 Å². The van der Waals surface area contributed by atoms with Crippen LogP contribution in [-0.4, -0.2) is 321 Å². The van der Waals surface area contributed by atoms with Gasteiger partial charge in [-0.3, -0.25) is 28.0 Å². The first-order valence-corrected chi connectivity index (χ1v) is 28.3. The SMILES string of the molecule is CC(=O)N[C@H]1[C@H](O[C@H]2[C@@H](O)[C@@H](COS(=O)(=O)O)O[C@@H](O[C@H]3[C@H](O)[C@@H](NC(C)=O)C(O)O[C@@H]3COS(=O)(=O)O)[C@@H]2O)O[C@H](COS(=O)(=O)O)[C@@H](O[C@@H]2O[C@H](CO)[C@H](O)[C@H](O[C@]3(C(=O)O)C[C@H](O)[C@@H](NC(C)=O)[C@H]([C@H](O)[C@H](O)CO)O3)[C@H]2O)[C@@H]1O. The van der Waals surface area contributed by atoms with E-state index in [1.807, 2.05) is 0 Å². The number of hydrogen-bond acceptors (Lipinski definition) is 34. The number of carbonyl (C=O) groups is 4. The van der Waals surface area contributed by atoms with Gasteiger partial charge in [0.25, 0.3) is 5.79 Å². The first-order chi connectivity index (χ1) is 38.3. The molecule has 5 fully saturated rings. The van der Waals surface area contributed by atoms with Crippen molar-refractivity contribution in [3.63, 3.8) is 0 Å². The number of aliphatic hydroxyl groups is 12. The smallest absolute Gasteiger partial charge is 0.397 e. The molecule has 83 heavy (non-hydrogen) atoms. The number of amides is 3. The van der Waals surface area contributed by atoms with Crippen molar-refractivity contribution in [2.75, 3.05) is 33.0 Å². The Kier molecular flexibility index (Phi) is 24.3. The Morgan fingerprint density at radius 1 is 0.542 bits per heavy atom. The second-order valence-electron chi connectivity index (χ2n) is 19.2. The lowest BCUT2D eigenvalue weighted by Crippen LogP contribution is -2.71. The summed E-state index contributed by atoms with van der Waals surface area (Å²) < 4.78 is 162. The Morgan fingerprint density at radius 2 is 0.952 bits per heavy atom. The highest BCUT2D eigenvalue weighted by atomic mass is 32.3. The number of carboxylic acids is 1. The van der Waals surface area contributed by atoms with Gasteiger partial charge >= 0.3 is 37.2 Å². The van der Waals surface area contributed by atoms with E-state index in [1.165, 1.54) is 0 Å². The molecule has 0 spiro atoms. The largest absolute Gasteiger partial charge is 0.477 e. The van der Waals surface area contributed by atoms with Crippen LogP contribution in [0, 0.1) is 0 Å². The van der Waals surface area contributed by atoms with Crippen LogP contribution in [0.15, 0.2) is 0 Å². The van der Waals surface area contributed by atoms with Crippen LogP contribution in [0.2, 0.25) is 0 Å². The van der Waals surface area contributed by atoms with Gasteiger partial charge in [0.05, 0.1) is 45.2 Å². The Morgan fingerprint density at radius 3 is 1.42 bits per heavy atom. The van der Waals surface area contributed by atoms with E-state index in [1.54, 1.807) is 0 Å². The molecular weight excluding hydrogens is 1210 g/mol. The van der Waals surface area contributed by atoms with Crippen LogP contribution in [0.25, 0.3) is 0 Å². The fraction of sp³-hybridized carbons (Fsp3) is 0.897. The lowest BCUT2D eigenvalue weighted by atomic mass is 9.88. The monoisotopic (exact) mass is 1280 g/mol. The van der Waals surface area contributed by atoms with E-state index >= 15 is 0 Å². The van der Waals surface area contributed by atoms with E-state index in [2.05, 4.69) is 28.5 Å². The molecule has 0 bridgehead atoms. The van der Waals surface area contributed by atoms with Crippen LogP contribution in [0.3, 0.4) is 0 Å². The lowest BCUT2D eigenvalue weighted by molar-refractivity contribution is -0.389. The van der Waals surface area contributed by atoms with Crippen molar-refractivity contribution >= 4 is 54.9 Å². The van der Waals surface area contributed by atoms with Gasteiger partial charge < -0.3 is 125 Å². The van der Waals surface area contributed by atoms with Gasteiger partial charge in [0.2, 0.25) is 17.7 Å². The van der Waals surface area contributed by atoms with Crippen molar-refractivity contribution in [3.05, 3.63) is 0 Å². The number of rotatable bonds is 25. The molecule has 5 heterocycles. The molecule has 1 unspecified atom stereocenters. The molecule has 482 valence electrons. The van der Waals surface area contributed by atoms with Crippen LogP contribution < -0.4 is 16.0 Å². The summed E-state index contributed by atoms with van der Waals surface area (Å²) in [5, 5.41) is 149.